The third kappa shape index (κ3) is 4.71. The van der Waals surface area contributed by atoms with E-state index >= 15 is 0 Å². The molecule has 1 aromatic heterocycles. The SMILES string of the molecule is CCn1c(CNc2ccc(OC)cc2)nnc1SCc1ccc(Cl)cc1. The fourth-order valence-corrected chi connectivity index (χ4v) is 3.60. The van der Waals surface area contributed by atoms with E-state index in [4.69, 9.17) is 16.3 Å². The van der Waals surface area contributed by atoms with Crippen LogP contribution in [0.1, 0.15) is 18.3 Å². The van der Waals surface area contributed by atoms with Gasteiger partial charge in [0, 0.05) is 23.0 Å². The van der Waals surface area contributed by atoms with Crippen molar-refractivity contribution < 1.29 is 4.74 Å². The van der Waals surface area contributed by atoms with Crippen molar-refractivity contribution in [1.82, 2.24) is 14.8 Å². The maximum absolute atomic E-state index is 5.93. The van der Waals surface area contributed by atoms with Crippen molar-refractivity contribution in [3.8, 4) is 5.75 Å². The first-order chi connectivity index (χ1) is 12.7. The number of anilines is 1. The van der Waals surface area contributed by atoms with Crippen LogP contribution >= 0.6 is 23.4 Å². The van der Waals surface area contributed by atoms with E-state index in [1.807, 2.05) is 48.5 Å². The average Bonchev–Trinajstić information content (AvgIpc) is 3.08. The number of methoxy groups -OCH3 is 1. The highest BCUT2D eigenvalue weighted by atomic mass is 35.5. The summed E-state index contributed by atoms with van der Waals surface area (Å²) in [6, 6.07) is 15.7. The van der Waals surface area contributed by atoms with Gasteiger partial charge < -0.3 is 14.6 Å². The second-order valence-electron chi connectivity index (χ2n) is 5.64. The van der Waals surface area contributed by atoms with E-state index in [9.17, 15) is 0 Å². The second kappa shape index (κ2) is 8.96. The molecule has 0 aliphatic heterocycles. The predicted octanol–water partition coefficient (Wildman–Crippen LogP) is 4.86. The number of halogens is 1. The zero-order valence-electron chi connectivity index (χ0n) is 14.8. The molecule has 0 saturated heterocycles. The summed E-state index contributed by atoms with van der Waals surface area (Å²) in [5, 5.41) is 13.7. The number of hydrogen-bond donors (Lipinski definition) is 1. The number of benzene rings is 2. The summed E-state index contributed by atoms with van der Waals surface area (Å²) in [7, 11) is 1.66. The smallest absolute Gasteiger partial charge is 0.191 e. The Bertz CT molecular complexity index is 834. The molecule has 0 bridgehead atoms. The summed E-state index contributed by atoms with van der Waals surface area (Å²) in [6.45, 7) is 3.55. The molecule has 5 nitrogen and oxygen atoms in total. The van der Waals surface area contributed by atoms with E-state index in [1.54, 1.807) is 18.9 Å². The van der Waals surface area contributed by atoms with Gasteiger partial charge in [-0.2, -0.15) is 0 Å². The van der Waals surface area contributed by atoms with Gasteiger partial charge in [-0.25, -0.2) is 0 Å². The summed E-state index contributed by atoms with van der Waals surface area (Å²) in [5.74, 6) is 2.59. The van der Waals surface area contributed by atoms with E-state index in [0.717, 1.165) is 39.7 Å². The standard InChI is InChI=1S/C19H21ClN4OS/c1-3-24-18(12-21-16-8-10-17(25-2)11-9-16)22-23-19(24)26-13-14-4-6-15(20)7-5-14/h4-11,21H,3,12-13H2,1-2H3. The van der Waals surface area contributed by atoms with Crippen LogP contribution in [0.5, 0.6) is 5.75 Å². The van der Waals surface area contributed by atoms with Crippen LogP contribution in [-0.4, -0.2) is 21.9 Å². The molecule has 0 amide bonds. The molecule has 0 radical (unpaired) electrons. The van der Waals surface area contributed by atoms with Crippen molar-refractivity contribution >= 4 is 29.1 Å². The van der Waals surface area contributed by atoms with Crippen molar-refractivity contribution in [1.29, 1.82) is 0 Å². The maximum Gasteiger partial charge on any atom is 0.191 e. The average molecular weight is 389 g/mol. The fourth-order valence-electron chi connectivity index (χ4n) is 2.49. The first-order valence-corrected chi connectivity index (χ1v) is 9.73. The van der Waals surface area contributed by atoms with Crippen LogP contribution < -0.4 is 10.1 Å². The Kier molecular flexibility index (Phi) is 6.41. The molecule has 2 aromatic carbocycles. The lowest BCUT2D eigenvalue weighted by Crippen LogP contribution is -2.08. The Labute approximate surface area is 162 Å². The highest BCUT2D eigenvalue weighted by Crippen LogP contribution is 2.23. The van der Waals surface area contributed by atoms with Crippen molar-refractivity contribution in [2.45, 2.75) is 30.9 Å². The quantitative estimate of drug-likeness (QED) is 0.558. The van der Waals surface area contributed by atoms with Gasteiger partial charge in [0.25, 0.3) is 0 Å². The van der Waals surface area contributed by atoms with E-state index in [-0.39, 0.29) is 0 Å². The van der Waals surface area contributed by atoms with Gasteiger partial charge in [-0.1, -0.05) is 35.5 Å². The molecule has 3 rings (SSSR count). The number of hydrogen-bond acceptors (Lipinski definition) is 5. The first-order valence-electron chi connectivity index (χ1n) is 8.37. The van der Waals surface area contributed by atoms with Gasteiger partial charge in [-0.3, -0.25) is 0 Å². The van der Waals surface area contributed by atoms with Crippen LogP contribution in [0.3, 0.4) is 0 Å². The third-order valence-corrected chi connectivity index (χ3v) is 5.22. The number of rotatable bonds is 8. The normalized spacial score (nSPS) is 10.7. The van der Waals surface area contributed by atoms with E-state index in [0.29, 0.717) is 6.54 Å². The summed E-state index contributed by atoms with van der Waals surface area (Å²) in [4.78, 5) is 0. The van der Waals surface area contributed by atoms with E-state index in [2.05, 4.69) is 27.0 Å². The van der Waals surface area contributed by atoms with Crippen LogP contribution in [0, 0.1) is 0 Å². The summed E-state index contributed by atoms with van der Waals surface area (Å²) < 4.78 is 7.31. The second-order valence-corrected chi connectivity index (χ2v) is 7.02. The third-order valence-electron chi connectivity index (χ3n) is 3.93. The van der Waals surface area contributed by atoms with Crippen LogP contribution in [0.2, 0.25) is 5.02 Å². The van der Waals surface area contributed by atoms with Crippen LogP contribution in [0.4, 0.5) is 5.69 Å². The number of thioether (sulfide) groups is 1. The Morgan fingerprint density at radius 3 is 2.46 bits per heavy atom. The minimum atomic E-state index is 0.620. The zero-order chi connectivity index (χ0) is 18.4. The lowest BCUT2D eigenvalue weighted by molar-refractivity contribution is 0.415. The topological polar surface area (TPSA) is 52.0 Å². The van der Waals surface area contributed by atoms with Gasteiger partial charge >= 0.3 is 0 Å². The van der Waals surface area contributed by atoms with Gasteiger partial charge in [0.15, 0.2) is 11.0 Å². The molecule has 1 heterocycles. The molecule has 0 saturated carbocycles. The number of ether oxygens (including phenoxy) is 1. The molecule has 0 spiro atoms. The minimum Gasteiger partial charge on any atom is -0.497 e. The van der Waals surface area contributed by atoms with Crippen LogP contribution in [-0.2, 0) is 18.8 Å². The molecular formula is C19H21ClN4OS. The number of aromatic nitrogens is 3. The molecule has 26 heavy (non-hydrogen) atoms. The first kappa shape index (κ1) is 18.6. The summed E-state index contributed by atoms with van der Waals surface area (Å²) in [6.07, 6.45) is 0. The largest absolute Gasteiger partial charge is 0.497 e. The molecular weight excluding hydrogens is 368 g/mol. The van der Waals surface area contributed by atoms with Crippen molar-refractivity contribution in [3.05, 3.63) is 64.9 Å². The summed E-state index contributed by atoms with van der Waals surface area (Å²) >= 11 is 7.61. The van der Waals surface area contributed by atoms with Crippen molar-refractivity contribution in [3.63, 3.8) is 0 Å². The Hall–Kier alpha value is -2.18. The molecule has 0 fully saturated rings. The van der Waals surface area contributed by atoms with Crippen LogP contribution in [0.25, 0.3) is 0 Å². The highest BCUT2D eigenvalue weighted by Gasteiger charge is 2.11. The van der Waals surface area contributed by atoms with E-state index in [1.165, 1.54) is 5.56 Å². The predicted molar refractivity (Wildman–Crippen MR) is 107 cm³/mol. The van der Waals surface area contributed by atoms with E-state index < -0.39 is 0 Å². The van der Waals surface area contributed by atoms with Gasteiger partial charge in [-0.05, 0) is 48.9 Å². The Morgan fingerprint density at radius 2 is 1.81 bits per heavy atom. The summed E-state index contributed by atoms with van der Waals surface area (Å²) in [5.41, 5.74) is 2.23. The number of nitrogens with one attached hydrogen (secondary N) is 1. The Balaban J connectivity index is 1.62. The molecule has 0 aliphatic rings. The molecule has 0 aliphatic carbocycles. The minimum absolute atomic E-state index is 0.620. The molecule has 136 valence electrons. The van der Waals surface area contributed by atoms with Gasteiger partial charge in [-0.15, -0.1) is 10.2 Å². The molecule has 7 heteroatoms. The fraction of sp³-hybridized carbons (Fsp3) is 0.263. The maximum atomic E-state index is 5.93. The molecule has 1 N–H and O–H groups in total. The highest BCUT2D eigenvalue weighted by molar-refractivity contribution is 7.98. The Morgan fingerprint density at radius 1 is 1.08 bits per heavy atom. The van der Waals surface area contributed by atoms with Crippen LogP contribution in [0.15, 0.2) is 53.7 Å². The van der Waals surface area contributed by atoms with Crippen molar-refractivity contribution in [2.75, 3.05) is 12.4 Å². The molecule has 0 atom stereocenters. The van der Waals surface area contributed by atoms with Gasteiger partial charge in [0.05, 0.1) is 13.7 Å². The van der Waals surface area contributed by atoms with Gasteiger partial charge in [0.1, 0.15) is 5.75 Å². The monoisotopic (exact) mass is 388 g/mol. The van der Waals surface area contributed by atoms with Crippen molar-refractivity contribution in [2.24, 2.45) is 0 Å². The molecule has 0 unspecified atom stereocenters. The zero-order valence-corrected chi connectivity index (χ0v) is 16.3. The van der Waals surface area contributed by atoms with Gasteiger partial charge in [0.2, 0.25) is 0 Å². The lowest BCUT2D eigenvalue weighted by atomic mass is 10.2. The number of nitrogens with zero attached hydrogens (tertiary/aromatic N) is 3. The molecule has 3 aromatic rings. The lowest BCUT2D eigenvalue weighted by Gasteiger charge is -2.09.